The highest BCUT2D eigenvalue weighted by Gasteiger charge is 2.22. The van der Waals surface area contributed by atoms with Crippen molar-refractivity contribution in [2.45, 2.75) is 24.4 Å². The molecule has 2 aromatic heterocycles. The number of rotatable bonds is 7. The van der Waals surface area contributed by atoms with Crippen molar-refractivity contribution in [3.63, 3.8) is 0 Å². The Morgan fingerprint density at radius 1 is 1.55 bits per heavy atom. The van der Waals surface area contributed by atoms with Crippen molar-refractivity contribution in [3.05, 3.63) is 24.5 Å². The first-order chi connectivity index (χ1) is 9.54. The molecule has 9 nitrogen and oxygen atoms in total. The summed E-state index contributed by atoms with van der Waals surface area (Å²) in [5.74, 6) is 0.522. The zero-order chi connectivity index (χ0) is 14.6. The van der Waals surface area contributed by atoms with Crippen LogP contribution in [0.25, 0.3) is 0 Å². The summed E-state index contributed by atoms with van der Waals surface area (Å²) in [5, 5.41) is 13.8. The summed E-state index contributed by atoms with van der Waals surface area (Å²) in [5.41, 5.74) is 0. The van der Waals surface area contributed by atoms with Gasteiger partial charge in [-0.05, 0) is 6.92 Å². The van der Waals surface area contributed by atoms with Crippen LogP contribution in [0.5, 0.6) is 0 Å². The highest BCUT2D eigenvalue weighted by atomic mass is 32.2. The first-order valence-electron chi connectivity index (χ1n) is 5.92. The first-order valence-corrected chi connectivity index (χ1v) is 7.40. The molecule has 0 aliphatic heterocycles. The van der Waals surface area contributed by atoms with E-state index in [2.05, 4.69) is 25.1 Å². The van der Waals surface area contributed by atoms with E-state index < -0.39 is 16.1 Å². The largest absolute Gasteiger partial charge is 0.383 e. The standard InChI is InChI=1S/C10H16N6O3S/c1-8(10-14-13-7-16(10)3-4-19-2)15-20(17,18)9-5-11-12-6-9/h5-8,15H,3-4H2,1-2H3,(H,11,12). The Hall–Kier alpha value is -1.78. The lowest BCUT2D eigenvalue weighted by Crippen LogP contribution is -2.29. The number of hydrogen-bond acceptors (Lipinski definition) is 6. The molecule has 10 heteroatoms. The number of methoxy groups -OCH3 is 1. The third-order valence-corrected chi connectivity index (χ3v) is 4.19. The van der Waals surface area contributed by atoms with Crippen LogP contribution in [0.1, 0.15) is 18.8 Å². The number of nitrogens with zero attached hydrogens (tertiary/aromatic N) is 4. The molecule has 2 aromatic rings. The van der Waals surface area contributed by atoms with Crippen molar-refractivity contribution >= 4 is 10.0 Å². The van der Waals surface area contributed by atoms with Crippen LogP contribution >= 0.6 is 0 Å². The third-order valence-electron chi connectivity index (χ3n) is 2.68. The zero-order valence-electron chi connectivity index (χ0n) is 11.1. The molecule has 0 radical (unpaired) electrons. The topological polar surface area (TPSA) is 115 Å². The highest BCUT2D eigenvalue weighted by molar-refractivity contribution is 7.89. The van der Waals surface area contributed by atoms with Crippen LogP contribution in [0, 0.1) is 0 Å². The van der Waals surface area contributed by atoms with Crippen LogP contribution in [-0.4, -0.2) is 47.1 Å². The molecule has 0 aliphatic rings. The second kappa shape index (κ2) is 6.11. The predicted molar refractivity (Wildman–Crippen MR) is 69.2 cm³/mol. The summed E-state index contributed by atoms with van der Waals surface area (Å²) in [6, 6.07) is -0.519. The van der Waals surface area contributed by atoms with E-state index in [1.807, 2.05) is 0 Å². The van der Waals surface area contributed by atoms with Crippen LogP contribution in [0.2, 0.25) is 0 Å². The van der Waals surface area contributed by atoms with Gasteiger partial charge in [0, 0.05) is 19.9 Å². The fraction of sp³-hybridized carbons (Fsp3) is 0.500. The molecule has 2 heterocycles. The Kier molecular flexibility index (Phi) is 4.47. The summed E-state index contributed by atoms with van der Waals surface area (Å²) in [7, 11) is -2.04. The van der Waals surface area contributed by atoms with E-state index in [0.29, 0.717) is 19.0 Å². The molecule has 0 aliphatic carbocycles. The molecule has 2 rings (SSSR count). The molecule has 1 unspecified atom stereocenters. The van der Waals surface area contributed by atoms with Crippen molar-refractivity contribution in [2.24, 2.45) is 0 Å². The Morgan fingerprint density at radius 3 is 3.00 bits per heavy atom. The number of sulfonamides is 1. The van der Waals surface area contributed by atoms with Gasteiger partial charge in [-0.3, -0.25) is 5.10 Å². The van der Waals surface area contributed by atoms with Crippen LogP contribution in [0.15, 0.2) is 23.6 Å². The summed E-state index contributed by atoms with van der Waals surface area (Å²) in [6.07, 6.45) is 4.09. The summed E-state index contributed by atoms with van der Waals surface area (Å²) in [4.78, 5) is 0.0762. The lowest BCUT2D eigenvalue weighted by Gasteiger charge is -2.14. The normalized spacial score (nSPS) is 13.5. The van der Waals surface area contributed by atoms with E-state index in [1.54, 1.807) is 18.6 Å². The van der Waals surface area contributed by atoms with E-state index in [0.717, 1.165) is 0 Å². The molecule has 2 N–H and O–H groups in total. The minimum Gasteiger partial charge on any atom is -0.383 e. The van der Waals surface area contributed by atoms with Gasteiger partial charge >= 0.3 is 0 Å². The van der Waals surface area contributed by atoms with Gasteiger partial charge in [-0.25, -0.2) is 13.1 Å². The van der Waals surface area contributed by atoms with Crippen LogP contribution < -0.4 is 4.72 Å². The predicted octanol–water partition coefficient (Wildman–Crippen LogP) is -0.313. The fourth-order valence-corrected chi connectivity index (χ4v) is 2.81. The maximum atomic E-state index is 12.1. The molecule has 0 saturated carbocycles. The van der Waals surface area contributed by atoms with Crippen LogP contribution in [0.4, 0.5) is 0 Å². The van der Waals surface area contributed by atoms with Gasteiger partial charge in [0.25, 0.3) is 0 Å². The highest BCUT2D eigenvalue weighted by Crippen LogP contribution is 2.14. The Labute approximate surface area is 116 Å². The summed E-state index contributed by atoms with van der Waals surface area (Å²) in [6.45, 7) is 2.74. The molecular weight excluding hydrogens is 284 g/mol. The first kappa shape index (κ1) is 14.6. The van der Waals surface area contributed by atoms with Gasteiger partial charge in [0.2, 0.25) is 10.0 Å². The van der Waals surface area contributed by atoms with Gasteiger partial charge in [-0.1, -0.05) is 0 Å². The second-order valence-corrected chi connectivity index (χ2v) is 5.87. The minimum atomic E-state index is -3.64. The smallest absolute Gasteiger partial charge is 0.244 e. The lowest BCUT2D eigenvalue weighted by molar-refractivity contribution is 0.185. The van der Waals surface area contributed by atoms with E-state index in [1.165, 1.54) is 18.7 Å². The fourth-order valence-electron chi connectivity index (χ4n) is 1.70. The molecular formula is C10H16N6O3S. The molecule has 20 heavy (non-hydrogen) atoms. The molecule has 0 aromatic carbocycles. The van der Waals surface area contributed by atoms with Gasteiger partial charge in [0.1, 0.15) is 11.2 Å². The molecule has 1 atom stereocenters. The van der Waals surface area contributed by atoms with Crippen molar-refractivity contribution in [3.8, 4) is 0 Å². The maximum Gasteiger partial charge on any atom is 0.244 e. The molecule has 0 saturated heterocycles. The number of H-pyrrole nitrogens is 1. The van der Waals surface area contributed by atoms with E-state index in [-0.39, 0.29) is 4.90 Å². The summed E-state index contributed by atoms with van der Waals surface area (Å²) >= 11 is 0. The second-order valence-electron chi connectivity index (χ2n) is 4.15. The SMILES string of the molecule is COCCn1cnnc1C(C)NS(=O)(=O)c1cn[nH]c1. The van der Waals surface area contributed by atoms with Gasteiger partial charge in [-0.2, -0.15) is 5.10 Å². The number of ether oxygens (including phenoxy) is 1. The van der Waals surface area contributed by atoms with Gasteiger partial charge in [0.05, 0.1) is 18.8 Å². The Morgan fingerprint density at radius 2 is 2.35 bits per heavy atom. The van der Waals surface area contributed by atoms with Crippen molar-refractivity contribution < 1.29 is 13.2 Å². The third kappa shape index (κ3) is 3.21. The number of nitrogens with one attached hydrogen (secondary N) is 2. The average Bonchev–Trinajstić information content (AvgIpc) is 3.06. The van der Waals surface area contributed by atoms with Gasteiger partial charge in [-0.15, -0.1) is 10.2 Å². The number of aromatic nitrogens is 5. The maximum absolute atomic E-state index is 12.1. The molecule has 110 valence electrons. The van der Waals surface area contributed by atoms with Crippen molar-refractivity contribution in [2.75, 3.05) is 13.7 Å². The van der Waals surface area contributed by atoms with Gasteiger partial charge < -0.3 is 9.30 Å². The Balaban J connectivity index is 2.12. The lowest BCUT2D eigenvalue weighted by atomic mass is 10.3. The monoisotopic (exact) mass is 300 g/mol. The Bertz CT molecular complexity index is 636. The minimum absolute atomic E-state index is 0.0762. The van der Waals surface area contributed by atoms with Crippen LogP contribution in [0.3, 0.4) is 0 Å². The zero-order valence-corrected chi connectivity index (χ0v) is 12.0. The van der Waals surface area contributed by atoms with E-state index in [4.69, 9.17) is 4.74 Å². The van der Waals surface area contributed by atoms with E-state index in [9.17, 15) is 8.42 Å². The average molecular weight is 300 g/mol. The molecule has 0 spiro atoms. The van der Waals surface area contributed by atoms with Gasteiger partial charge in [0.15, 0.2) is 5.82 Å². The summed E-state index contributed by atoms with van der Waals surface area (Å²) < 4.78 is 33.4. The van der Waals surface area contributed by atoms with Crippen molar-refractivity contribution in [1.29, 1.82) is 0 Å². The number of hydrogen-bond donors (Lipinski definition) is 2. The van der Waals surface area contributed by atoms with Crippen LogP contribution in [-0.2, 0) is 21.3 Å². The number of aromatic amines is 1. The molecule has 0 fully saturated rings. The van der Waals surface area contributed by atoms with E-state index >= 15 is 0 Å². The van der Waals surface area contributed by atoms with Crippen molar-refractivity contribution in [1.82, 2.24) is 29.7 Å². The molecule has 0 amide bonds. The quantitative estimate of drug-likeness (QED) is 0.724. The molecule has 0 bridgehead atoms.